The normalized spacial score (nSPS) is 18.7. The highest BCUT2D eigenvalue weighted by atomic mass is 16.5. The minimum absolute atomic E-state index is 0.212. The molecule has 0 aliphatic carbocycles. The molecule has 8 nitrogen and oxygen atoms in total. The van der Waals surface area contributed by atoms with E-state index in [0.29, 0.717) is 30.4 Å². The molecule has 1 amide bonds. The van der Waals surface area contributed by atoms with Gasteiger partial charge in [0.15, 0.2) is 0 Å². The van der Waals surface area contributed by atoms with Crippen LogP contribution in [0.3, 0.4) is 0 Å². The number of carbonyl (C=O) groups is 1. The zero-order chi connectivity index (χ0) is 19.1. The van der Waals surface area contributed by atoms with E-state index < -0.39 is 6.04 Å². The molecule has 0 bridgehead atoms. The second-order valence-electron chi connectivity index (χ2n) is 5.89. The summed E-state index contributed by atoms with van der Waals surface area (Å²) in [7, 11) is 0. The van der Waals surface area contributed by atoms with Gasteiger partial charge in [0.1, 0.15) is 23.7 Å². The Bertz CT molecular complexity index is 756. The van der Waals surface area contributed by atoms with Crippen LogP contribution in [0.5, 0.6) is 11.5 Å². The molecular formula is C19H25N5O3. The Morgan fingerprint density at radius 3 is 2.56 bits per heavy atom. The van der Waals surface area contributed by atoms with Gasteiger partial charge >= 0.3 is 0 Å². The molecule has 1 heterocycles. The van der Waals surface area contributed by atoms with Crippen molar-refractivity contribution in [1.82, 2.24) is 16.4 Å². The van der Waals surface area contributed by atoms with Crippen molar-refractivity contribution in [2.24, 2.45) is 0 Å². The molecule has 2 unspecified atom stereocenters. The van der Waals surface area contributed by atoms with Gasteiger partial charge < -0.3 is 20.1 Å². The lowest BCUT2D eigenvalue weighted by Crippen LogP contribution is -2.48. The number of para-hydroxylation sites is 1. The minimum atomic E-state index is -0.546. The first-order chi connectivity index (χ1) is 13.2. The molecule has 8 heteroatoms. The molecule has 2 atom stereocenters. The van der Waals surface area contributed by atoms with Crippen molar-refractivity contribution in [3.63, 3.8) is 0 Å². The summed E-state index contributed by atoms with van der Waals surface area (Å²) in [6.07, 6.45) is -0.335. The SMILES string of the molecule is CCOc1ccc(OCC)c(NC(=O)C2NNNC2Nc2ccccc2)c1. The molecule has 0 spiro atoms. The number of hydrogen-bond acceptors (Lipinski definition) is 7. The van der Waals surface area contributed by atoms with Crippen LogP contribution in [0.2, 0.25) is 0 Å². The minimum Gasteiger partial charge on any atom is -0.494 e. The highest BCUT2D eigenvalue weighted by Gasteiger charge is 2.33. The first kappa shape index (κ1) is 19.0. The van der Waals surface area contributed by atoms with Gasteiger partial charge in [0, 0.05) is 11.8 Å². The van der Waals surface area contributed by atoms with Gasteiger partial charge in [-0.1, -0.05) is 18.2 Å². The van der Waals surface area contributed by atoms with Crippen LogP contribution in [0.15, 0.2) is 48.5 Å². The van der Waals surface area contributed by atoms with Gasteiger partial charge in [-0.05, 0) is 38.1 Å². The third-order valence-corrected chi connectivity index (χ3v) is 3.99. The molecule has 27 heavy (non-hydrogen) atoms. The van der Waals surface area contributed by atoms with Crippen molar-refractivity contribution < 1.29 is 14.3 Å². The summed E-state index contributed by atoms with van der Waals surface area (Å²) >= 11 is 0. The van der Waals surface area contributed by atoms with E-state index in [-0.39, 0.29) is 12.1 Å². The second kappa shape index (κ2) is 9.22. The fourth-order valence-corrected chi connectivity index (χ4v) is 2.77. The zero-order valence-electron chi connectivity index (χ0n) is 15.4. The Labute approximate surface area is 158 Å². The van der Waals surface area contributed by atoms with Crippen molar-refractivity contribution >= 4 is 17.3 Å². The van der Waals surface area contributed by atoms with Crippen molar-refractivity contribution in [2.45, 2.75) is 26.1 Å². The van der Waals surface area contributed by atoms with Crippen LogP contribution < -0.4 is 36.5 Å². The molecule has 144 valence electrons. The van der Waals surface area contributed by atoms with Gasteiger partial charge in [-0.25, -0.2) is 10.9 Å². The number of carbonyl (C=O) groups excluding carboxylic acids is 1. The second-order valence-corrected chi connectivity index (χ2v) is 5.89. The monoisotopic (exact) mass is 371 g/mol. The Morgan fingerprint density at radius 1 is 1.04 bits per heavy atom. The zero-order valence-corrected chi connectivity index (χ0v) is 15.4. The van der Waals surface area contributed by atoms with Crippen molar-refractivity contribution in [3.05, 3.63) is 48.5 Å². The summed E-state index contributed by atoms with van der Waals surface area (Å²) in [6, 6.07) is 14.5. The molecule has 3 rings (SSSR count). The van der Waals surface area contributed by atoms with Crippen molar-refractivity contribution in [1.29, 1.82) is 0 Å². The first-order valence-corrected chi connectivity index (χ1v) is 8.99. The van der Waals surface area contributed by atoms with E-state index in [0.717, 1.165) is 5.69 Å². The van der Waals surface area contributed by atoms with E-state index in [1.807, 2.05) is 50.2 Å². The van der Waals surface area contributed by atoms with E-state index in [2.05, 4.69) is 27.0 Å². The number of ether oxygens (including phenoxy) is 2. The molecular weight excluding hydrogens is 346 g/mol. The smallest absolute Gasteiger partial charge is 0.246 e. The van der Waals surface area contributed by atoms with Crippen LogP contribution in [0.25, 0.3) is 0 Å². The van der Waals surface area contributed by atoms with Crippen molar-refractivity contribution in [3.8, 4) is 11.5 Å². The number of rotatable bonds is 8. The maximum absolute atomic E-state index is 12.9. The summed E-state index contributed by atoms with van der Waals surface area (Å²) < 4.78 is 11.1. The van der Waals surface area contributed by atoms with Crippen molar-refractivity contribution in [2.75, 3.05) is 23.8 Å². The summed E-state index contributed by atoms with van der Waals surface area (Å²) in [6.45, 7) is 4.85. The lowest BCUT2D eigenvalue weighted by Gasteiger charge is -2.21. The van der Waals surface area contributed by atoms with Crippen LogP contribution in [-0.2, 0) is 4.79 Å². The first-order valence-electron chi connectivity index (χ1n) is 8.99. The van der Waals surface area contributed by atoms with Crippen LogP contribution in [0.4, 0.5) is 11.4 Å². The Hall–Kier alpha value is -2.81. The van der Waals surface area contributed by atoms with Gasteiger partial charge in [-0.2, -0.15) is 5.53 Å². The van der Waals surface area contributed by atoms with E-state index in [1.54, 1.807) is 12.1 Å². The highest BCUT2D eigenvalue weighted by molar-refractivity contribution is 5.97. The average Bonchev–Trinajstić information content (AvgIpc) is 3.13. The quantitative estimate of drug-likeness (QED) is 0.483. The van der Waals surface area contributed by atoms with E-state index >= 15 is 0 Å². The van der Waals surface area contributed by atoms with Gasteiger partial charge in [0.25, 0.3) is 0 Å². The number of hydrazine groups is 2. The Kier molecular flexibility index (Phi) is 6.48. The molecule has 1 fully saturated rings. The van der Waals surface area contributed by atoms with Gasteiger partial charge in [0.05, 0.1) is 18.9 Å². The van der Waals surface area contributed by atoms with E-state index in [1.165, 1.54) is 0 Å². The predicted octanol–water partition coefficient (Wildman–Crippen LogP) is 1.84. The fourth-order valence-electron chi connectivity index (χ4n) is 2.77. The maximum atomic E-state index is 12.9. The van der Waals surface area contributed by atoms with Crippen LogP contribution in [0.1, 0.15) is 13.8 Å². The molecule has 2 aromatic rings. The molecule has 1 aliphatic rings. The number of benzene rings is 2. The average molecular weight is 371 g/mol. The number of anilines is 2. The Balaban J connectivity index is 1.72. The summed E-state index contributed by atoms with van der Waals surface area (Å²) in [4.78, 5) is 12.9. The van der Waals surface area contributed by atoms with Gasteiger partial charge in [-0.3, -0.25) is 4.79 Å². The topological polar surface area (TPSA) is 95.7 Å². The van der Waals surface area contributed by atoms with Gasteiger partial charge in [0.2, 0.25) is 5.91 Å². The van der Waals surface area contributed by atoms with E-state index in [9.17, 15) is 4.79 Å². The standard InChI is InChI=1S/C19H25N5O3/c1-3-26-14-10-11-16(27-4-2)15(12-14)21-19(25)17-18(23-24-22-17)20-13-8-6-5-7-9-13/h5-12,17-18,20,22-24H,3-4H2,1-2H3,(H,21,25). The van der Waals surface area contributed by atoms with Crippen LogP contribution in [0, 0.1) is 0 Å². The van der Waals surface area contributed by atoms with Gasteiger partial charge in [-0.15, -0.1) is 0 Å². The third kappa shape index (κ3) is 4.88. The lowest BCUT2D eigenvalue weighted by atomic mass is 10.2. The lowest BCUT2D eigenvalue weighted by molar-refractivity contribution is -0.118. The summed E-state index contributed by atoms with van der Waals surface area (Å²) in [5.74, 6) is 1.06. The highest BCUT2D eigenvalue weighted by Crippen LogP contribution is 2.29. The summed E-state index contributed by atoms with van der Waals surface area (Å²) in [5.41, 5.74) is 10.2. The van der Waals surface area contributed by atoms with Crippen LogP contribution in [-0.4, -0.2) is 31.3 Å². The number of amides is 1. The molecule has 5 N–H and O–H groups in total. The number of hydrogen-bond donors (Lipinski definition) is 5. The van der Waals surface area contributed by atoms with Crippen LogP contribution >= 0.6 is 0 Å². The molecule has 0 aromatic heterocycles. The predicted molar refractivity (Wildman–Crippen MR) is 104 cm³/mol. The molecule has 0 radical (unpaired) electrons. The summed E-state index contributed by atoms with van der Waals surface area (Å²) in [5, 5.41) is 6.20. The largest absolute Gasteiger partial charge is 0.494 e. The molecule has 1 aliphatic heterocycles. The fraction of sp³-hybridized carbons (Fsp3) is 0.316. The van der Waals surface area contributed by atoms with E-state index in [4.69, 9.17) is 9.47 Å². The molecule has 0 saturated carbocycles. The number of nitrogens with one attached hydrogen (secondary N) is 5. The third-order valence-electron chi connectivity index (χ3n) is 3.99. The molecule has 1 saturated heterocycles. The maximum Gasteiger partial charge on any atom is 0.246 e. The Morgan fingerprint density at radius 2 is 1.81 bits per heavy atom. The molecule has 2 aromatic carbocycles.